The van der Waals surface area contributed by atoms with E-state index in [2.05, 4.69) is 24.5 Å². The summed E-state index contributed by atoms with van der Waals surface area (Å²) in [5.74, 6) is -1.88. The van der Waals surface area contributed by atoms with Gasteiger partial charge in [-0.1, -0.05) is 39.8 Å². The molecule has 334 valence electrons. The third-order valence-electron chi connectivity index (χ3n) is 11.7. The number of alkyl carbamates (subject to hydrolysis) is 1. The molecule has 2 saturated heterocycles. The van der Waals surface area contributed by atoms with Crippen LogP contribution in [0, 0.1) is 17.3 Å². The maximum atomic E-state index is 14.0. The van der Waals surface area contributed by atoms with Gasteiger partial charge in [0.1, 0.15) is 22.6 Å². The molecule has 1 aliphatic carbocycles. The summed E-state index contributed by atoms with van der Waals surface area (Å²) in [6.45, 7) is 13.3. The first kappa shape index (κ1) is 46.2. The second-order valence-electron chi connectivity index (χ2n) is 18.0. The van der Waals surface area contributed by atoms with E-state index in [-0.39, 0.29) is 58.8 Å². The minimum atomic E-state index is -4.08. The molecule has 61 heavy (non-hydrogen) atoms. The van der Waals surface area contributed by atoms with Crippen molar-refractivity contribution in [2.24, 2.45) is 17.3 Å². The van der Waals surface area contributed by atoms with Gasteiger partial charge in [-0.2, -0.15) is 4.31 Å². The maximum absolute atomic E-state index is 14.0. The van der Waals surface area contributed by atoms with E-state index in [0.29, 0.717) is 36.5 Å². The Balaban J connectivity index is 1.18. The fraction of sp³-hybridized carbons (Fsp3) is 0.568. The lowest BCUT2D eigenvalue weighted by molar-refractivity contribution is -0.181. The first-order valence-corrected chi connectivity index (χ1v) is 22.9. The predicted molar refractivity (Wildman–Crippen MR) is 229 cm³/mol. The third kappa shape index (κ3) is 10.7. The smallest absolute Gasteiger partial charge is 0.407 e. The lowest BCUT2D eigenvalue weighted by Gasteiger charge is -2.31. The SMILES string of the molecule is COc1ccc(S(=O)(=O)N(CC(C)C)C[C@@H](O)[C@H](Cc2ccc(OC(C)(C)C(=O)Nc3sc4c(c3C(=O)O)CC(C)(C)CC4)cc2)NC(=O)O[C@H]2CO[C@@]3(C)OCC[C@@H]23)cc1. The molecule has 0 spiro atoms. The number of hydrogen-bond acceptors (Lipinski definition) is 12. The van der Waals surface area contributed by atoms with E-state index >= 15 is 0 Å². The fourth-order valence-corrected chi connectivity index (χ4v) is 11.0. The molecule has 3 aliphatic rings. The number of carbonyl (C=O) groups is 3. The largest absolute Gasteiger partial charge is 0.497 e. The number of methoxy groups -OCH3 is 1. The molecule has 0 saturated carbocycles. The molecule has 17 heteroatoms. The molecule has 3 aromatic rings. The highest BCUT2D eigenvalue weighted by atomic mass is 32.2. The summed E-state index contributed by atoms with van der Waals surface area (Å²) in [6.07, 6.45) is 0.239. The van der Waals surface area contributed by atoms with Gasteiger partial charge in [-0.3, -0.25) is 4.79 Å². The topological polar surface area (TPSA) is 199 Å². The molecule has 2 fully saturated rings. The van der Waals surface area contributed by atoms with Gasteiger partial charge in [-0.05, 0) is 112 Å². The van der Waals surface area contributed by atoms with Gasteiger partial charge in [0, 0.05) is 18.0 Å². The normalized spacial score (nSPS) is 22.0. The van der Waals surface area contributed by atoms with Crippen LogP contribution in [0.15, 0.2) is 53.4 Å². The number of thiophene rings is 1. The zero-order valence-electron chi connectivity index (χ0n) is 36.1. The number of anilines is 1. The van der Waals surface area contributed by atoms with Gasteiger partial charge in [0.15, 0.2) is 11.4 Å². The van der Waals surface area contributed by atoms with Crippen LogP contribution in [0.25, 0.3) is 0 Å². The number of fused-ring (bicyclic) bond motifs is 2. The minimum absolute atomic E-state index is 0.0289. The average molecular weight is 886 g/mol. The molecule has 2 amide bonds. The second kappa shape index (κ2) is 18.2. The number of rotatable bonds is 17. The summed E-state index contributed by atoms with van der Waals surface area (Å²) in [4.78, 5) is 40.5. The number of sulfonamides is 1. The van der Waals surface area contributed by atoms with Gasteiger partial charge in [-0.25, -0.2) is 18.0 Å². The highest BCUT2D eigenvalue weighted by Crippen LogP contribution is 2.44. The Hall–Kier alpha value is -4.26. The Labute approximate surface area is 362 Å². The zero-order chi connectivity index (χ0) is 44.5. The van der Waals surface area contributed by atoms with Gasteiger partial charge in [0.2, 0.25) is 10.0 Å². The van der Waals surface area contributed by atoms with Crippen molar-refractivity contribution in [2.75, 3.05) is 38.7 Å². The molecule has 6 rings (SSSR count). The molecule has 0 bridgehead atoms. The molecule has 4 N–H and O–H groups in total. The summed E-state index contributed by atoms with van der Waals surface area (Å²) in [6, 6.07) is 11.7. The van der Waals surface area contributed by atoms with Gasteiger partial charge in [0.25, 0.3) is 5.91 Å². The molecule has 1 aromatic heterocycles. The lowest BCUT2D eigenvalue weighted by atomic mass is 9.76. The number of carboxylic acids is 1. The van der Waals surface area contributed by atoms with Crippen LogP contribution in [-0.2, 0) is 48.3 Å². The maximum Gasteiger partial charge on any atom is 0.407 e. The van der Waals surface area contributed by atoms with Crippen molar-refractivity contribution >= 4 is 44.3 Å². The van der Waals surface area contributed by atoms with Crippen molar-refractivity contribution in [3.05, 3.63) is 70.1 Å². The number of amides is 2. The monoisotopic (exact) mass is 885 g/mol. The predicted octanol–water partition coefficient (Wildman–Crippen LogP) is 6.26. The minimum Gasteiger partial charge on any atom is -0.497 e. The fourth-order valence-electron chi connectivity index (χ4n) is 8.20. The molecule has 0 radical (unpaired) electrons. The van der Waals surface area contributed by atoms with E-state index in [4.69, 9.17) is 23.7 Å². The Morgan fingerprint density at radius 3 is 2.33 bits per heavy atom. The summed E-state index contributed by atoms with van der Waals surface area (Å²) in [5.41, 5.74) is 0.104. The number of carbonyl (C=O) groups excluding carboxylic acids is 2. The second-order valence-corrected chi connectivity index (χ2v) is 21.0. The van der Waals surface area contributed by atoms with E-state index in [0.717, 1.165) is 23.3 Å². The summed E-state index contributed by atoms with van der Waals surface area (Å²) in [5, 5.41) is 27.9. The highest BCUT2D eigenvalue weighted by molar-refractivity contribution is 7.89. The summed E-state index contributed by atoms with van der Waals surface area (Å²) >= 11 is 1.30. The first-order chi connectivity index (χ1) is 28.6. The summed E-state index contributed by atoms with van der Waals surface area (Å²) in [7, 11) is -2.60. The van der Waals surface area contributed by atoms with E-state index in [1.807, 2.05) is 20.8 Å². The number of carboxylic acid groups (broad SMARTS) is 1. The van der Waals surface area contributed by atoms with Crippen molar-refractivity contribution in [2.45, 2.75) is 115 Å². The molecule has 5 atom stereocenters. The van der Waals surface area contributed by atoms with Gasteiger partial charge in [-0.15, -0.1) is 11.3 Å². The summed E-state index contributed by atoms with van der Waals surface area (Å²) < 4.78 is 57.9. The lowest BCUT2D eigenvalue weighted by Crippen LogP contribution is -2.51. The zero-order valence-corrected chi connectivity index (χ0v) is 37.7. The Kier molecular flexibility index (Phi) is 13.8. The first-order valence-electron chi connectivity index (χ1n) is 20.7. The number of aromatic carboxylic acids is 1. The van der Waals surface area contributed by atoms with Crippen molar-refractivity contribution in [3.8, 4) is 11.5 Å². The molecular weight excluding hydrogens is 827 g/mol. The third-order valence-corrected chi connectivity index (χ3v) is 14.7. The molecule has 2 aliphatic heterocycles. The van der Waals surface area contributed by atoms with Crippen LogP contribution >= 0.6 is 11.3 Å². The van der Waals surface area contributed by atoms with Crippen LogP contribution in [-0.4, -0.2) is 104 Å². The average Bonchev–Trinajstić information content (AvgIpc) is 3.84. The van der Waals surface area contributed by atoms with Crippen molar-refractivity contribution in [1.29, 1.82) is 0 Å². The number of aryl methyl sites for hydroxylation is 1. The van der Waals surface area contributed by atoms with Crippen LogP contribution in [0.5, 0.6) is 11.5 Å². The quantitative estimate of drug-likeness (QED) is 0.119. The van der Waals surface area contributed by atoms with Gasteiger partial charge in [0.05, 0.1) is 48.8 Å². The van der Waals surface area contributed by atoms with Gasteiger partial charge >= 0.3 is 12.1 Å². The van der Waals surface area contributed by atoms with Crippen LogP contribution < -0.4 is 20.1 Å². The number of aliphatic hydroxyl groups is 1. The standard InChI is InChI=1S/C44H59N3O12S2/c1-26(2)23-47(61(53,54)30-15-13-28(55-8)14-16-30)24-34(48)33(45-41(52)58-35-25-57-44(7)32(35)18-20-56-44)21-27-9-11-29(12-10-27)59-43(5,6)40(51)46-38-37(39(49)50)31-22-42(3,4)19-17-36(31)60-38/h9-16,26,32-35,48H,17-25H2,1-8H3,(H,45,52)(H,46,51)(H,49,50)/t32-,33-,34+,35-,44+/m0/s1. The Morgan fingerprint density at radius 1 is 1.02 bits per heavy atom. The van der Waals surface area contributed by atoms with Crippen LogP contribution in [0.4, 0.5) is 9.80 Å². The van der Waals surface area contributed by atoms with Crippen molar-refractivity contribution in [1.82, 2.24) is 9.62 Å². The number of ether oxygens (including phenoxy) is 5. The molecule has 0 unspecified atom stereocenters. The van der Waals surface area contributed by atoms with E-state index < -0.39 is 57.6 Å². The number of hydrogen-bond donors (Lipinski definition) is 4. The van der Waals surface area contributed by atoms with Gasteiger partial charge < -0.3 is 44.5 Å². The number of nitrogens with one attached hydrogen (secondary N) is 2. The van der Waals surface area contributed by atoms with Crippen LogP contribution in [0.3, 0.4) is 0 Å². The Bertz CT molecular complexity index is 2170. The number of benzene rings is 2. The van der Waals surface area contributed by atoms with E-state index in [9.17, 15) is 33.0 Å². The highest BCUT2D eigenvalue weighted by Gasteiger charge is 2.53. The molecule has 3 heterocycles. The van der Waals surface area contributed by atoms with Crippen LogP contribution in [0.1, 0.15) is 87.7 Å². The van der Waals surface area contributed by atoms with E-state index in [1.165, 1.54) is 34.9 Å². The number of nitrogens with zero attached hydrogens (tertiary/aromatic N) is 1. The van der Waals surface area contributed by atoms with Crippen LogP contribution in [0.2, 0.25) is 0 Å². The molecular formula is C44H59N3O12S2. The van der Waals surface area contributed by atoms with E-state index in [1.54, 1.807) is 50.2 Å². The van der Waals surface area contributed by atoms with Crippen molar-refractivity contribution < 1.29 is 56.7 Å². The molecule has 2 aromatic carbocycles. The Morgan fingerprint density at radius 2 is 1.69 bits per heavy atom. The van der Waals surface area contributed by atoms with Crippen molar-refractivity contribution in [3.63, 3.8) is 0 Å². The number of aliphatic hydroxyl groups excluding tert-OH is 1. The molecule has 15 nitrogen and oxygen atoms in total.